The normalized spacial score (nSPS) is 13.2. The largest absolute Gasteiger partial charge is 0.466 e. The lowest BCUT2D eigenvalue weighted by atomic mass is 10.0. The van der Waals surface area contributed by atoms with Gasteiger partial charge in [0.25, 0.3) is 11.8 Å². The van der Waals surface area contributed by atoms with Gasteiger partial charge in [-0.15, -0.1) is 0 Å². The van der Waals surface area contributed by atoms with E-state index in [0.717, 1.165) is 10.0 Å². The molecular formula is C23H24BrNO4. The first-order valence-electron chi connectivity index (χ1n) is 9.77. The van der Waals surface area contributed by atoms with Crippen molar-refractivity contribution >= 4 is 33.7 Å². The maximum atomic E-state index is 12.4. The molecule has 2 aromatic carbocycles. The molecule has 0 aliphatic carbocycles. The Labute approximate surface area is 179 Å². The second-order valence-electron chi connectivity index (χ2n) is 7.42. The molecule has 0 saturated heterocycles. The zero-order chi connectivity index (χ0) is 21.0. The number of amides is 2. The van der Waals surface area contributed by atoms with Crippen molar-refractivity contribution in [3.8, 4) is 0 Å². The van der Waals surface area contributed by atoms with Crippen LogP contribution in [0.15, 0.2) is 46.9 Å². The van der Waals surface area contributed by atoms with Gasteiger partial charge in [0.1, 0.15) is 0 Å². The quantitative estimate of drug-likeness (QED) is 0.326. The summed E-state index contributed by atoms with van der Waals surface area (Å²) in [5, 5.41) is 0. The van der Waals surface area contributed by atoms with Gasteiger partial charge in [-0.1, -0.05) is 54.0 Å². The molecule has 1 aliphatic rings. The maximum Gasteiger partial charge on any atom is 0.306 e. The van der Waals surface area contributed by atoms with Gasteiger partial charge in [-0.05, 0) is 48.1 Å². The molecule has 0 bridgehead atoms. The summed E-state index contributed by atoms with van der Waals surface area (Å²) in [5.74, 6) is -0.391. The predicted molar refractivity (Wildman–Crippen MR) is 114 cm³/mol. The molecule has 0 unspecified atom stereocenters. The van der Waals surface area contributed by atoms with Gasteiger partial charge in [-0.25, -0.2) is 0 Å². The number of carbonyl (C=O) groups is 3. The lowest BCUT2D eigenvalue weighted by molar-refractivity contribution is -0.143. The van der Waals surface area contributed by atoms with Gasteiger partial charge in [-0.3, -0.25) is 19.3 Å². The topological polar surface area (TPSA) is 63.7 Å². The first-order valence-corrected chi connectivity index (χ1v) is 10.6. The van der Waals surface area contributed by atoms with E-state index < -0.39 is 0 Å². The van der Waals surface area contributed by atoms with E-state index in [9.17, 15) is 14.4 Å². The van der Waals surface area contributed by atoms with Crippen molar-refractivity contribution in [2.45, 2.75) is 39.0 Å². The van der Waals surface area contributed by atoms with Crippen LogP contribution >= 0.6 is 15.9 Å². The third-order valence-corrected chi connectivity index (χ3v) is 5.48. The third-order valence-electron chi connectivity index (χ3n) is 4.99. The van der Waals surface area contributed by atoms with Crippen LogP contribution in [0.4, 0.5) is 0 Å². The molecule has 29 heavy (non-hydrogen) atoms. The Hall–Kier alpha value is -2.47. The van der Waals surface area contributed by atoms with Crippen molar-refractivity contribution in [2.24, 2.45) is 0 Å². The van der Waals surface area contributed by atoms with Crippen LogP contribution < -0.4 is 0 Å². The Morgan fingerprint density at radius 1 is 1.03 bits per heavy atom. The molecule has 0 N–H and O–H groups in total. The maximum absolute atomic E-state index is 12.4. The molecule has 3 rings (SSSR count). The van der Waals surface area contributed by atoms with E-state index in [1.54, 1.807) is 18.2 Å². The van der Waals surface area contributed by atoms with Gasteiger partial charge in [0, 0.05) is 17.4 Å². The molecule has 2 amide bonds. The van der Waals surface area contributed by atoms with E-state index in [4.69, 9.17) is 4.74 Å². The van der Waals surface area contributed by atoms with Crippen LogP contribution in [0.5, 0.6) is 0 Å². The zero-order valence-corrected chi connectivity index (χ0v) is 18.2. The molecule has 5 nitrogen and oxygen atoms in total. The average molecular weight is 458 g/mol. The monoisotopic (exact) mass is 457 g/mol. The highest BCUT2D eigenvalue weighted by atomic mass is 79.9. The Morgan fingerprint density at radius 2 is 1.72 bits per heavy atom. The number of rotatable bonds is 8. The average Bonchev–Trinajstić information content (AvgIpc) is 2.93. The lowest BCUT2D eigenvalue weighted by Crippen LogP contribution is -2.31. The van der Waals surface area contributed by atoms with Gasteiger partial charge in [-0.2, -0.15) is 0 Å². The van der Waals surface area contributed by atoms with Gasteiger partial charge < -0.3 is 4.74 Å². The number of hydrogen-bond donors (Lipinski definition) is 0. The first-order chi connectivity index (χ1) is 13.9. The number of nitrogens with zero attached hydrogens (tertiary/aromatic N) is 1. The zero-order valence-electron chi connectivity index (χ0n) is 16.6. The van der Waals surface area contributed by atoms with Crippen molar-refractivity contribution in [3.63, 3.8) is 0 Å². The number of ether oxygens (including phenoxy) is 1. The Balaban J connectivity index is 1.40. The number of esters is 1. The number of imide groups is 1. The molecule has 2 aromatic rings. The van der Waals surface area contributed by atoms with E-state index in [1.165, 1.54) is 10.5 Å². The van der Waals surface area contributed by atoms with Crippen LogP contribution in [0.25, 0.3) is 0 Å². The van der Waals surface area contributed by atoms with E-state index in [1.807, 2.05) is 12.1 Å². The molecular weight excluding hydrogens is 434 g/mol. The molecule has 0 spiro atoms. The summed E-state index contributed by atoms with van der Waals surface area (Å²) in [6.45, 7) is 4.71. The van der Waals surface area contributed by atoms with Crippen LogP contribution in [0.1, 0.15) is 64.4 Å². The minimum Gasteiger partial charge on any atom is -0.466 e. The van der Waals surface area contributed by atoms with Crippen LogP contribution in [0, 0.1) is 0 Å². The van der Waals surface area contributed by atoms with Crippen LogP contribution in [-0.2, 0) is 16.0 Å². The first kappa shape index (κ1) is 21.2. The van der Waals surface area contributed by atoms with E-state index >= 15 is 0 Å². The highest BCUT2D eigenvalue weighted by Crippen LogP contribution is 2.26. The summed E-state index contributed by atoms with van der Waals surface area (Å²) in [4.78, 5) is 37.9. The van der Waals surface area contributed by atoms with E-state index in [2.05, 4.69) is 41.9 Å². The molecule has 0 radical (unpaired) electrons. The predicted octanol–water partition coefficient (Wildman–Crippen LogP) is 4.73. The molecule has 6 heteroatoms. The number of halogens is 1. The molecule has 0 atom stereocenters. The number of carbonyl (C=O) groups excluding carboxylic acids is 3. The lowest BCUT2D eigenvalue weighted by Gasteiger charge is -2.13. The second-order valence-corrected chi connectivity index (χ2v) is 8.34. The van der Waals surface area contributed by atoms with E-state index in [-0.39, 0.29) is 30.9 Å². The number of aryl methyl sites for hydroxylation is 1. The summed E-state index contributed by atoms with van der Waals surface area (Å²) in [5.41, 5.74) is 3.20. The van der Waals surface area contributed by atoms with Gasteiger partial charge >= 0.3 is 5.97 Å². The van der Waals surface area contributed by atoms with Gasteiger partial charge in [0.2, 0.25) is 0 Å². The fraction of sp³-hybridized carbons (Fsp3) is 0.348. The molecule has 1 aliphatic heterocycles. The highest BCUT2D eigenvalue weighted by molar-refractivity contribution is 9.10. The molecule has 0 fully saturated rings. The number of hydrogen-bond acceptors (Lipinski definition) is 4. The highest BCUT2D eigenvalue weighted by Gasteiger charge is 2.35. The minimum atomic E-state index is -0.303. The molecule has 0 saturated carbocycles. The van der Waals surface area contributed by atoms with Crippen molar-refractivity contribution in [2.75, 3.05) is 13.2 Å². The Kier molecular flexibility index (Phi) is 6.85. The van der Waals surface area contributed by atoms with Gasteiger partial charge in [0.05, 0.1) is 17.7 Å². The number of fused-ring (bicyclic) bond motifs is 1. The van der Waals surface area contributed by atoms with Gasteiger partial charge in [0.15, 0.2) is 0 Å². The summed E-state index contributed by atoms with van der Waals surface area (Å²) in [6.07, 6.45) is 1.36. The van der Waals surface area contributed by atoms with Crippen LogP contribution in [0.2, 0.25) is 0 Å². The minimum absolute atomic E-state index is 0.183. The fourth-order valence-corrected chi connectivity index (χ4v) is 3.62. The molecule has 1 heterocycles. The summed E-state index contributed by atoms with van der Waals surface area (Å²) in [6, 6.07) is 13.3. The van der Waals surface area contributed by atoms with Crippen molar-refractivity contribution in [3.05, 3.63) is 69.2 Å². The SMILES string of the molecule is CC(C)c1ccc(CCC(=O)OCCCN2C(=O)c3ccc(Br)cc3C2=O)cc1. The molecule has 152 valence electrons. The second kappa shape index (κ2) is 9.35. The summed E-state index contributed by atoms with van der Waals surface area (Å²) < 4.78 is 6.01. The standard InChI is InChI=1S/C23H24BrNO4/c1-15(2)17-7-4-16(5-8-17)6-11-21(26)29-13-3-12-25-22(27)19-10-9-18(24)14-20(19)23(25)28/h4-5,7-10,14-15H,3,6,11-13H2,1-2H3. The van der Waals surface area contributed by atoms with Crippen LogP contribution in [-0.4, -0.2) is 35.8 Å². The Morgan fingerprint density at radius 3 is 2.41 bits per heavy atom. The number of benzene rings is 2. The van der Waals surface area contributed by atoms with Crippen molar-refractivity contribution in [1.29, 1.82) is 0 Å². The van der Waals surface area contributed by atoms with Crippen molar-refractivity contribution in [1.82, 2.24) is 4.90 Å². The Bertz CT molecular complexity index is 921. The fourth-order valence-electron chi connectivity index (χ4n) is 3.26. The smallest absolute Gasteiger partial charge is 0.306 e. The van der Waals surface area contributed by atoms with Crippen molar-refractivity contribution < 1.29 is 19.1 Å². The van der Waals surface area contributed by atoms with E-state index in [0.29, 0.717) is 36.3 Å². The molecule has 0 aromatic heterocycles. The summed E-state index contributed by atoms with van der Waals surface area (Å²) in [7, 11) is 0. The summed E-state index contributed by atoms with van der Waals surface area (Å²) >= 11 is 3.31. The third kappa shape index (κ3) is 5.12. The van der Waals surface area contributed by atoms with Crippen LogP contribution in [0.3, 0.4) is 0 Å².